The summed E-state index contributed by atoms with van der Waals surface area (Å²) >= 11 is 1.39. The fourth-order valence-electron chi connectivity index (χ4n) is 3.59. The highest BCUT2D eigenvalue weighted by molar-refractivity contribution is 8.00. The van der Waals surface area contributed by atoms with E-state index in [0.29, 0.717) is 11.0 Å². The third kappa shape index (κ3) is 4.00. The number of aromatic nitrogens is 3. The molecule has 0 fully saturated rings. The van der Waals surface area contributed by atoms with Gasteiger partial charge < -0.3 is 14.6 Å². The number of aryl methyl sites for hydroxylation is 2. The average Bonchev–Trinajstić information content (AvgIpc) is 3.34. The number of ether oxygens (including phenoxy) is 1. The van der Waals surface area contributed by atoms with Gasteiger partial charge in [-0.25, -0.2) is 0 Å². The van der Waals surface area contributed by atoms with Gasteiger partial charge in [0.1, 0.15) is 5.75 Å². The Balaban J connectivity index is 1.46. The molecule has 0 aliphatic heterocycles. The van der Waals surface area contributed by atoms with E-state index in [9.17, 15) is 4.79 Å². The molecule has 1 N–H and O–H groups in total. The Hall–Kier alpha value is -2.80. The molecule has 4 rings (SSSR count). The van der Waals surface area contributed by atoms with Crippen molar-refractivity contribution in [2.24, 2.45) is 7.05 Å². The molecule has 29 heavy (non-hydrogen) atoms. The fraction of sp³-hybridized carbons (Fsp3) is 0.318. The Morgan fingerprint density at radius 2 is 1.97 bits per heavy atom. The Kier molecular flexibility index (Phi) is 5.58. The van der Waals surface area contributed by atoms with Crippen LogP contribution in [0.3, 0.4) is 0 Å². The van der Waals surface area contributed by atoms with Crippen molar-refractivity contribution in [1.29, 1.82) is 0 Å². The number of nitrogens with one attached hydrogen (secondary N) is 1. The fourth-order valence-corrected chi connectivity index (χ4v) is 4.40. The van der Waals surface area contributed by atoms with Crippen molar-refractivity contribution >= 4 is 23.4 Å². The van der Waals surface area contributed by atoms with Crippen LogP contribution in [0.15, 0.2) is 47.6 Å². The molecule has 2 aromatic carbocycles. The van der Waals surface area contributed by atoms with Gasteiger partial charge in [-0.3, -0.25) is 4.79 Å². The second kappa shape index (κ2) is 8.29. The van der Waals surface area contributed by atoms with Crippen LogP contribution in [-0.4, -0.2) is 33.0 Å². The zero-order chi connectivity index (χ0) is 20.4. The Labute approximate surface area is 174 Å². The molecule has 0 spiro atoms. The van der Waals surface area contributed by atoms with Crippen molar-refractivity contribution in [1.82, 2.24) is 14.8 Å². The number of methoxy groups -OCH3 is 1. The minimum Gasteiger partial charge on any atom is -0.496 e. The van der Waals surface area contributed by atoms with Crippen molar-refractivity contribution in [3.8, 4) is 17.1 Å². The SMILES string of the molecule is COc1ccccc1-c1nnc(S[C@H](C)C(=O)Nc2ccc3c(c2)CCC3)n1C. The van der Waals surface area contributed by atoms with Gasteiger partial charge in [-0.05, 0) is 61.6 Å². The van der Waals surface area contributed by atoms with E-state index in [2.05, 4.69) is 27.6 Å². The van der Waals surface area contributed by atoms with Crippen LogP contribution in [-0.2, 0) is 24.7 Å². The molecular formula is C22H24N4O2S. The van der Waals surface area contributed by atoms with Crippen molar-refractivity contribution in [2.45, 2.75) is 36.6 Å². The number of carbonyl (C=O) groups excluding carboxylic acids is 1. The van der Waals surface area contributed by atoms with Crippen LogP contribution < -0.4 is 10.1 Å². The summed E-state index contributed by atoms with van der Waals surface area (Å²) in [7, 11) is 3.53. The van der Waals surface area contributed by atoms with Crippen LogP contribution in [0.25, 0.3) is 11.4 Å². The molecule has 6 nitrogen and oxygen atoms in total. The smallest absolute Gasteiger partial charge is 0.237 e. The zero-order valence-electron chi connectivity index (χ0n) is 16.8. The number of carbonyl (C=O) groups is 1. The van der Waals surface area contributed by atoms with Crippen LogP contribution in [0.1, 0.15) is 24.5 Å². The molecule has 3 aromatic rings. The molecule has 1 aromatic heterocycles. The lowest BCUT2D eigenvalue weighted by Gasteiger charge is -2.13. The standard InChI is InChI=1S/C22H24N4O2S/c1-14(21(27)23-17-12-11-15-7-6-8-16(15)13-17)29-22-25-24-20(26(22)2)18-9-4-5-10-19(18)28-3/h4-5,9-14H,6-8H2,1-3H3,(H,23,27)/t14-/m1/s1. The quantitative estimate of drug-likeness (QED) is 0.622. The van der Waals surface area contributed by atoms with E-state index in [4.69, 9.17) is 4.74 Å². The highest BCUT2D eigenvalue weighted by Gasteiger charge is 2.21. The molecule has 0 bridgehead atoms. The third-order valence-electron chi connectivity index (χ3n) is 5.20. The van der Waals surface area contributed by atoms with E-state index in [1.54, 1.807) is 7.11 Å². The van der Waals surface area contributed by atoms with E-state index >= 15 is 0 Å². The molecule has 0 saturated heterocycles. The molecule has 1 heterocycles. The lowest BCUT2D eigenvalue weighted by atomic mass is 10.1. The highest BCUT2D eigenvalue weighted by Crippen LogP contribution is 2.31. The number of rotatable bonds is 6. The monoisotopic (exact) mass is 408 g/mol. The van der Waals surface area contributed by atoms with Crippen LogP contribution in [0.2, 0.25) is 0 Å². The molecule has 7 heteroatoms. The number of thioether (sulfide) groups is 1. The highest BCUT2D eigenvalue weighted by atomic mass is 32.2. The summed E-state index contributed by atoms with van der Waals surface area (Å²) in [5, 5.41) is 12.0. The van der Waals surface area contributed by atoms with Gasteiger partial charge in [-0.1, -0.05) is 30.0 Å². The lowest BCUT2D eigenvalue weighted by Crippen LogP contribution is -2.23. The maximum atomic E-state index is 12.7. The second-order valence-corrected chi connectivity index (χ2v) is 8.46. The molecule has 0 unspecified atom stereocenters. The Morgan fingerprint density at radius 1 is 1.17 bits per heavy atom. The average molecular weight is 409 g/mol. The first-order valence-corrected chi connectivity index (χ1v) is 10.6. The predicted octanol–water partition coefficient (Wildman–Crippen LogP) is 4.10. The topological polar surface area (TPSA) is 69.0 Å². The van der Waals surface area contributed by atoms with Gasteiger partial charge in [0.25, 0.3) is 0 Å². The first-order chi connectivity index (χ1) is 14.1. The number of para-hydroxylation sites is 1. The minimum absolute atomic E-state index is 0.0465. The van der Waals surface area contributed by atoms with E-state index in [0.717, 1.165) is 29.8 Å². The van der Waals surface area contributed by atoms with Gasteiger partial charge in [-0.2, -0.15) is 0 Å². The van der Waals surface area contributed by atoms with E-state index < -0.39 is 0 Å². The number of nitrogens with zero attached hydrogens (tertiary/aromatic N) is 3. The third-order valence-corrected chi connectivity index (χ3v) is 6.33. The number of fused-ring (bicyclic) bond motifs is 1. The van der Waals surface area contributed by atoms with Crippen molar-refractivity contribution in [3.63, 3.8) is 0 Å². The normalized spacial score (nSPS) is 13.8. The maximum absolute atomic E-state index is 12.7. The van der Waals surface area contributed by atoms with Crippen LogP contribution in [0, 0.1) is 0 Å². The van der Waals surface area contributed by atoms with Crippen molar-refractivity contribution in [2.75, 3.05) is 12.4 Å². The first kappa shape index (κ1) is 19.5. The van der Waals surface area contributed by atoms with Crippen molar-refractivity contribution < 1.29 is 9.53 Å². The van der Waals surface area contributed by atoms with Gasteiger partial charge in [-0.15, -0.1) is 10.2 Å². The van der Waals surface area contributed by atoms with Gasteiger partial charge in [0.15, 0.2) is 11.0 Å². The van der Waals surface area contributed by atoms with Gasteiger partial charge in [0.05, 0.1) is 17.9 Å². The summed E-state index contributed by atoms with van der Waals surface area (Å²) in [6, 6.07) is 13.9. The van der Waals surface area contributed by atoms with Crippen LogP contribution in [0.5, 0.6) is 5.75 Å². The lowest BCUT2D eigenvalue weighted by molar-refractivity contribution is -0.115. The number of anilines is 1. The Morgan fingerprint density at radius 3 is 2.79 bits per heavy atom. The molecular weight excluding hydrogens is 384 g/mol. The molecule has 1 amide bonds. The molecule has 1 atom stereocenters. The summed E-state index contributed by atoms with van der Waals surface area (Å²) in [5.41, 5.74) is 4.47. The maximum Gasteiger partial charge on any atom is 0.237 e. The molecule has 0 saturated carbocycles. The number of hydrogen-bond donors (Lipinski definition) is 1. The summed E-state index contributed by atoms with van der Waals surface area (Å²) in [4.78, 5) is 12.7. The van der Waals surface area contributed by atoms with Gasteiger partial charge in [0.2, 0.25) is 5.91 Å². The predicted molar refractivity (Wildman–Crippen MR) is 115 cm³/mol. The van der Waals surface area contributed by atoms with Crippen molar-refractivity contribution in [3.05, 3.63) is 53.6 Å². The summed E-state index contributed by atoms with van der Waals surface area (Å²) in [6.07, 6.45) is 3.42. The zero-order valence-corrected chi connectivity index (χ0v) is 17.6. The summed E-state index contributed by atoms with van der Waals surface area (Å²) in [5.74, 6) is 1.40. The molecule has 1 aliphatic carbocycles. The largest absolute Gasteiger partial charge is 0.496 e. The molecule has 1 aliphatic rings. The number of benzene rings is 2. The van der Waals surface area contributed by atoms with Crippen LogP contribution >= 0.6 is 11.8 Å². The molecule has 0 radical (unpaired) electrons. The minimum atomic E-state index is -0.309. The summed E-state index contributed by atoms with van der Waals surface area (Å²) in [6.45, 7) is 1.88. The van der Waals surface area contributed by atoms with Gasteiger partial charge >= 0.3 is 0 Å². The Bertz CT molecular complexity index is 1050. The summed E-state index contributed by atoms with van der Waals surface area (Å²) < 4.78 is 7.32. The number of amides is 1. The second-order valence-electron chi connectivity index (χ2n) is 7.15. The van der Waals surface area contributed by atoms with Gasteiger partial charge in [0, 0.05) is 12.7 Å². The number of hydrogen-bond acceptors (Lipinski definition) is 5. The van der Waals surface area contributed by atoms with E-state index in [1.807, 2.05) is 48.9 Å². The van der Waals surface area contributed by atoms with Crippen LogP contribution in [0.4, 0.5) is 5.69 Å². The van der Waals surface area contributed by atoms with E-state index in [-0.39, 0.29) is 11.2 Å². The van der Waals surface area contributed by atoms with E-state index in [1.165, 1.54) is 29.3 Å². The molecule has 150 valence electrons. The first-order valence-electron chi connectivity index (χ1n) is 9.69.